The normalized spacial score (nSPS) is 34.7. The number of carboxylic acid groups (broad SMARTS) is 1. The monoisotopic (exact) mass is 268 g/mol. The van der Waals surface area contributed by atoms with Crippen molar-refractivity contribution in [1.82, 2.24) is 10.2 Å². The van der Waals surface area contributed by atoms with Gasteiger partial charge in [-0.25, -0.2) is 0 Å². The summed E-state index contributed by atoms with van der Waals surface area (Å²) in [6, 6.07) is 0. The first kappa shape index (κ1) is 14.3. The quantitative estimate of drug-likeness (QED) is 0.800. The topological polar surface area (TPSA) is 69.6 Å². The highest BCUT2D eigenvalue weighted by molar-refractivity contribution is 5.88. The number of carbonyl (C=O) groups is 2. The zero-order chi connectivity index (χ0) is 14.0. The lowest BCUT2D eigenvalue weighted by Gasteiger charge is -2.32. The molecule has 0 aromatic rings. The largest absolute Gasteiger partial charge is 0.481 e. The van der Waals surface area contributed by atoms with Crippen LogP contribution in [0.3, 0.4) is 0 Å². The van der Waals surface area contributed by atoms with Crippen LogP contribution in [0.4, 0.5) is 0 Å². The van der Waals surface area contributed by atoms with Crippen LogP contribution in [0.25, 0.3) is 0 Å². The van der Waals surface area contributed by atoms with Gasteiger partial charge in [-0.3, -0.25) is 9.59 Å². The van der Waals surface area contributed by atoms with Crippen molar-refractivity contribution in [3.05, 3.63) is 0 Å². The Bertz CT molecular complexity index is 364. The Labute approximate surface area is 114 Å². The second-order valence-corrected chi connectivity index (χ2v) is 5.99. The number of nitrogens with zero attached hydrogens (tertiary/aromatic N) is 1. The molecule has 2 aliphatic heterocycles. The van der Waals surface area contributed by atoms with E-state index in [1.807, 2.05) is 6.92 Å². The maximum Gasteiger partial charge on any atom is 0.308 e. The lowest BCUT2D eigenvalue weighted by Crippen LogP contribution is -2.54. The fourth-order valence-corrected chi connectivity index (χ4v) is 3.49. The molecule has 108 valence electrons. The van der Waals surface area contributed by atoms with Crippen LogP contribution in [-0.2, 0) is 9.59 Å². The van der Waals surface area contributed by atoms with Gasteiger partial charge in [0.2, 0.25) is 5.91 Å². The molecule has 0 aromatic carbocycles. The van der Waals surface area contributed by atoms with E-state index in [0.29, 0.717) is 13.1 Å². The van der Waals surface area contributed by atoms with E-state index in [9.17, 15) is 9.59 Å². The van der Waals surface area contributed by atoms with Crippen LogP contribution in [0.2, 0.25) is 0 Å². The third kappa shape index (κ3) is 2.61. The van der Waals surface area contributed by atoms with Crippen molar-refractivity contribution in [2.24, 2.45) is 11.8 Å². The van der Waals surface area contributed by atoms with Gasteiger partial charge in [-0.05, 0) is 31.7 Å². The van der Waals surface area contributed by atoms with Crippen molar-refractivity contribution in [3.63, 3.8) is 0 Å². The second kappa shape index (κ2) is 5.49. The van der Waals surface area contributed by atoms with Gasteiger partial charge >= 0.3 is 5.97 Å². The van der Waals surface area contributed by atoms with Crippen LogP contribution < -0.4 is 5.32 Å². The molecule has 0 saturated carbocycles. The van der Waals surface area contributed by atoms with Crippen LogP contribution in [0.15, 0.2) is 0 Å². The molecule has 2 heterocycles. The first-order valence-corrected chi connectivity index (χ1v) is 7.27. The van der Waals surface area contributed by atoms with E-state index < -0.39 is 17.4 Å². The molecule has 3 atom stereocenters. The Kier molecular flexibility index (Phi) is 4.13. The standard InChI is InChI=1S/C14H24N2O3/c1-3-5-14(6-4-7-15-14)13(19)16-8-10(2)11(9-16)12(17)18/h10-11,15H,3-9H2,1-2H3,(H,17,18)/t10-,11-,14?/m1/s1. The molecule has 5 heteroatoms. The van der Waals surface area contributed by atoms with Crippen molar-refractivity contribution in [1.29, 1.82) is 0 Å². The summed E-state index contributed by atoms with van der Waals surface area (Å²) in [6.07, 6.45) is 3.71. The van der Waals surface area contributed by atoms with Crippen LogP contribution in [0.1, 0.15) is 39.5 Å². The summed E-state index contributed by atoms with van der Waals surface area (Å²) < 4.78 is 0. The number of nitrogens with one attached hydrogen (secondary N) is 1. The Morgan fingerprint density at radius 1 is 1.42 bits per heavy atom. The fourth-order valence-electron chi connectivity index (χ4n) is 3.49. The Hall–Kier alpha value is -1.10. The lowest BCUT2D eigenvalue weighted by molar-refractivity contribution is -0.142. The number of carboxylic acids is 1. The second-order valence-electron chi connectivity index (χ2n) is 5.99. The summed E-state index contributed by atoms with van der Waals surface area (Å²) in [6.45, 7) is 5.82. The zero-order valence-corrected chi connectivity index (χ0v) is 11.8. The van der Waals surface area contributed by atoms with E-state index in [1.165, 1.54) is 0 Å². The number of aliphatic carboxylic acids is 1. The summed E-state index contributed by atoms with van der Waals surface area (Å²) in [5.74, 6) is -1.04. The summed E-state index contributed by atoms with van der Waals surface area (Å²) in [4.78, 5) is 25.7. The summed E-state index contributed by atoms with van der Waals surface area (Å²) in [5.41, 5.74) is -0.429. The molecule has 5 nitrogen and oxygen atoms in total. The fraction of sp³-hybridized carbons (Fsp3) is 0.857. The van der Waals surface area contributed by atoms with Gasteiger partial charge in [0, 0.05) is 13.1 Å². The van der Waals surface area contributed by atoms with Crippen LogP contribution in [0.5, 0.6) is 0 Å². The van der Waals surface area contributed by atoms with E-state index in [0.717, 1.165) is 32.2 Å². The van der Waals surface area contributed by atoms with Gasteiger partial charge in [0.15, 0.2) is 0 Å². The summed E-state index contributed by atoms with van der Waals surface area (Å²) in [5, 5.41) is 12.5. The SMILES string of the molecule is CCCC1(C(=O)N2C[C@@H](C)[C@H](C(=O)O)C2)CCCN1. The molecule has 2 saturated heterocycles. The Balaban J connectivity index is 2.09. The van der Waals surface area contributed by atoms with E-state index in [1.54, 1.807) is 4.90 Å². The number of carbonyl (C=O) groups excluding carboxylic acids is 1. The first-order valence-electron chi connectivity index (χ1n) is 7.27. The number of amides is 1. The molecule has 0 aromatic heterocycles. The molecule has 0 bridgehead atoms. The zero-order valence-electron chi connectivity index (χ0n) is 11.8. The lowest BCUT2D eigenvalue weighted by atomic mass is 9.90. The van der Waals surface area contributed by atoms with Crippen molar-refractivity contribution in [3.8, 4) is 0 Å². The molecule has 2 aliphatic rings. The van der Waals surface area contributed by atoms with Crippen molar-refractivity contribution in [2.45, 2.75) is 45.1 Å². The highest BCUT2D eigenvalue weighted by Gasteiger charge is 2.46. The maximum absolute atomic E-state index is 12.7. The molecule has 1 unspecified atom stereocenters. The number of likely N-dealkylation sites (tertiary alicyclic amines) is 1. The summed E-state index contributed by atoms with van der Waals surface area (Å²) in [7, 11) is 0. The Morgan fingerprint density at radius 2 is 2.16 bits per heavy atom. The third-order valence-electron chi connectivity index (χ3n) is 4.55. The number of hydrogen-bond donors (Lipinski definition) is 2. The summed E-state index contributed by atoms with van der Waals surface area (Å²) >= 11 is 0. The molecule has 1 amide bonds. The molecule has 19 heavy (non-hydrogen) atoms. The minimum atomic E-state index is -0.785. The average Bonchev–Trinajstić information content (AvgIpc) is 2.96. The van der Waals surface area contributed by atoms with Crippen molar-refractivity contribution < 1.29 is 14.7 Å². The van der Waals surface area contributed by atoms with Crippen molar-refractivity contribution >= 4 is 11.9 Å². The van der Waals surface area contributed by atoms with Crippen LogP contribution in [-0.4, -0.2) is 47.1 Å². The van der Waals surface area contributed by atoms with Gasteiger partial charge in [0.1, 0.15) is 0 Å². The van der Waals surface area contributed by atoms with Gasteiger partial charge < -0.3 is 15.3 Å². The average molecular weight is 268 g/mol. The van der Waals surface area contributed by atoms with E-state index >= 15 is 0 Å². The van der Waals surface area contributed by atoms with E-state index in [4.69, 9.17) is 5.11 Å². The highest BCUT2D eigenvalue weighted by Crippen LogP contribution is 2.31. The molecule has 0 radical (unpaired) electrons. The molecule has 0 aliphatic carbocycles. The smallest absolute Gasteiger partial charge is 0.308 e. The molecule has 2 rings (SSSR count). The first-order chi connectivity index (χ1) is 9.00. The maximum atomic E-state index is 12.7. The van der Waals surface area contributed by atoms with Gasteiger partial charge in [-0.15, -0.1) is 0 Å². The molecule has 0 spiro atoms. The minimum Gasteiger partial charge on any atom is -0.481 e. The number of rotatable bonds is 4. The molecular weight excluding hydrogens is 244 g/mol. The number of hydrogen-bond acceptors (Lipinski definition) is 3. The predicted molar refractivity (Wildman–Crippen MR) is 71.7 cm³/mol. The van der Waals surface area contributed by atoms with Crippen molar-refractivity contribution in [2.75, 3.05) is 19.6 Å². The molecular formula is C14H24N2O3. The predicted octanol–water partition coefficient (Wildman–Crippen LogP) is 1.09. The minimum absolute atomic E-state index is 0.0431. The third-order valence-corrected chi connectivity index (χ3v) is 4.55. The van der Waals surface area contributed by atoms with Crippen LogP contribution >= 0.6 is 0 Å². The van der Waals surface area contributed by atoms with Gasteiger partial charge in [-0.1, -0.05) is 20.3 Å². The van der Waals surface area contributed by atoms with Gasteiger partial charge in [-0.2, -0.15) is 0 Å². The van der Waals surface area contributed by atoms with Gasteiger partial charge in [0.25, 0.3) is 0 Å². The molecule has 2 N–H and O–H groups in total. The van der Waals surface area contributed by atoms with Gasteiger partial charge in [0.05, 0.1) is 11.5 Å². The van der Waals surface area contributed by atoms with E-state index in [2.05, 4.69) is 12.2 Å². The molecule has 2 fully saturated rings. The Morgan fingerprint density at radius 3 is 2.63 bits per heavy atom. The highest BCUT2D eigenvalue weighted by atomic mass is 16.4. The van der Waals surface area contributed by atoms with Crippen LogP contribution in [0, 0.1) is 11.8 Å². The van der Waals surface area contributed by atoms with E-state index in [-0.39, 0.29) is 11.8 Å².